The Bertz CT molecular complexity index is 810. The average Bonchev–Trinajstić information content (AvgIpc) is 3.01. The Morgan fingerprint density at radius 2 is 1.78 bits per heavy atom. The van der Waals surface area contributed by atoms with E-state index in [2.05, 4.69) is 5.32 Å². The number of carbonyl (C=O) groups is 3. The molecule has 2 rings (SSSR count). The maximum absolute atomic E-state index is 12.1. The molecule has 2 aromatic rings. The van der Waals surface area contributed by atoms with Gasteiger partial charge in [-0.1, -0.05) is 12.1 Å². The SMILES string of the molecule is COc1ccc(CNC(=O)COC(=O)CCC(=O)c2cc(C)sc2C)cc1. The van der Waals surface area contributed by atoms with E-state index in [0.29, 0.717) is 12.1 Å². The maximum Gasteiger partial charge on any atom is 0.306 e. The number of Topliss-reactive ketones (excluding diaryl/α,β-unsaturated/α-hetero) is 1. The Morgan fingerprint density at radius 3 is 2.37 bits per heavy atom. The molecule has 0 unspecified atom stereocenters. The number of thiophene rings is 1. The van der Waals surface area contributed by atoms with Gasteiger partial charge >= 0.3 is 5.97 Å². The average molecular weight is 389 g/mol. The molecule has 1 aromatic heterocycles. The predicted octanol–water partition coefficient (Wildman–Crippen LogP) is 3.20. The van der Waals surface area contributed by atoms with Crippen LogP contribution in [0.3, 0.4) is 0 Å². The lowest BCUT2D eigenvalue weighted by Crippen LogP contribution is -2.28. The predicted molar refractivity (Wildman–Crippen MR) is 103 cm³/mol. The van der Waals surface area contributed by atoms with E-state index in [1.165, 1.54) is 0 Å². The number of nitrogens with one attached hydrogen (secondary N) is 1. The molecule has 0 saturated carbocycles. The highest BCUT2D eigenvalue weighted by molar-refractivity contribution is 7.12. The summed E-state index contributed by atoms with van der Waals surface area (Å²) in [5, 5.41) is 2.67. The highest BCUT2D eigenvalue weighted by atomic mass is 32.1. The van der Waals surface area contributed by atoms with Crippen LogP contribution in [0, 0.1) is 13.8 Å². The number of amides is 1. The van der Waals surface area contributed by atoms with Crippen LogP contribution in [-0.4, -0.2) is 31.4 Å². The lowest BCUT2D eigenvalue weighted by atomic mass is 10.1. The molecule has 144 valence electrons. The van der Waals surface area contributed by atoms with Gasteiger partial charge in [0.15, 0.2) is 12.4 Å². The quantitative estimate of drug-likeness (QED) is 0.526. The van der Waals surface area contributed by atoms with E-state index in [1.807, 2.05) is 32.0 Å². The molecule has 27 heavy (non-hydrogen) atoms. The zero-order valence-electron chi connectivity index (χ0n) is 15.7. The highest BCUT2D eigenvalue weighted by Crippen LogP contribution is 2.22. The first-order chi connectivity index (χ1) is 12.9. The molecular weight excluding hydrogens is 366 g/mol. The van der Waals surface area contributed by atoms with E-state index < -0.39 is 11.9 Å². The van der Waals surface area contributed by atoms with Gasteiger partial charge in [0, 0.05) is 28.3 Å². The van der Waals surface area contributed by atoms with Crippen molar-refractivity contribution in [3.63, 3.8) is 0 Å². The fourth-order valence-corrected chi connectivity index (χ4v) is 3.41. The van der Waals surface area contributed by atoms with Gasteiger partial charge in [-0.25, -0.2) is 0 Å². The molecule has 1 amide bonds. The Balaban J connectivity index is 1.67. The van der Waals surface area contributed by atoms with Gasteiger partial charge in [-0.2, -0.15) is 0 Å². The van der Waals surface area contributed by atoms with Crippen molar-refractivity contribution in [1.82, 2.24) is 5.32 Å². The Kier molecular flexibility index (Phi) is 7.55. The van der Waals surface area contributed by atoms with Gasteiger partial charge in [0.1, 0.15) is 5.75 Å². The van der Waals surface area contributed by atoms with E-state index in [4.69, 9.17) is 9.47 Å². The lowest BCUT2D eigenvalue weighted by Gasteiger charge is -2.07. The zero-order chi connectivity index (χ0) is 19.8. The summed E-state index contributed by atoms with van der Waals surface area (Å²) in [7, 11) is 1.58. The molecule has 0 aliphatic heterocycles. The van der Waals surface area contributed by atoms with Gasteiger partial charge in [-0.3, -0.25) is 14.4 Å². The first kappa shape index (κ1) is 20.6. The van der Waals surface area contributed by atoms with Crippen molar-refractivity contribution in [2.75, 3.05) is 13.7 Å². The largest absolute Gasteiger partial charge is 0.497 e. The monoisotopic (exact) mass is 389 g/mol. The molecule has 0 bridgehead atoms. The van der Waals surface area contributed by atoms with Crippen molar-refractivity contribution in [2.45, 2.75) is 33.2 Å². The number of benzene rings is 1. The third-order valence-electron chi connectivity index (χ3n) is 3.91. The first-order valence-corrected chi connectivity index (χ1v) is 9.36. The third-order valence-corrected chi connectivity index (χ3v) is 4.88. The third kappa shape index (κ3) is 6.53. The summed E-state index contributed by atoms with van der Waals surface area (Å²) in [4.78, 5) is 37.7. The van der Waals surface area contributed by atoms with Crippen LogP contribution in [0.2, 0.25) is 0 Å². The van der Waals surface area contributed by atoms with Crippen LogP contribution < -0.4 is 10.1 Å². The van der Waals surface area contributed by atoms with Crippen LogP contribution >= 0.6 is 11.3 Å². The topological polar surface area (TPSA) is 81.7 Å². The Morgan fingerprint density at radius 1 is 1.07 bits per heavy atom. The number of carbonyl (C=O) groups excluding carboxylic acids is 3. The highest BCUT2D eigenvalue weighted by Gasteiger charge is 2.15. The van der Waals surface area contributed by atoms with Crippen LogP contribution in [-0.2, 0) is 20.9 Å². The van der Waals surface area contributed by atoms with E-state index in [9.17, 15) is 14.4 Å². The minimum absolute atomic E-state index is 0.0427. The maximum atomic E-state index is 12.1. The second-order valence-corrected chi connectivity index (χ2v) is 7.50. The fourth-order valence-electron chi connectivity index (χ4n) is 2.47. The number of hydrogen-bond donors (Lipinski definition) is 1. The molecule has 1 heterocycles. The molecule has 7 heteroatoms. The van der Waals surface area contributed by atoms with E-state index in [0.717, 1.165) is 21.1 Å². The minimum atomic E-state index is -0.562. The van der Waals surface area contributed by atoms with Gasteiger partial charge in [-0.05, 0) is 37.6 Å². The number of rotatable bonds is 9. The van der Waals surface area contributed by atoms with Gasteiger partial charge in [0.25, 0.3) is 5.91 Å². The van der Waals surface area contributed by atoms with Crippen molar-refractivity contribution < 1.29 is 23.9 Å². The number of ketones is 1. The lowest BCUT2D eigenvalue weighted by molar-refractivity contribution is -0.148. The minimum Gasteiger partial charge on any atom is -0.497 e. The smallest absolute Gasteiger partial charge is 0.306 e. The molecule has 0 radical (unpaired) electrons. The molecular formula is C20H23NO5S. The summed E-state index contributed by atoms with van der Waals surface area (Å²) >= 11 is 1.55. The molecule has 1 N–H and O–H groups in total. The molecule has 0 aliphatic rings. The van der Waals surface area contributed by atoms with Crippen molar-refractivity contribution >= 4 is 29.0 Å². The summed E-state index contributed by atoms with van der Waals surface area (Å²) < 4.78 is 10.00. The van der Waals surface area contributed by atoms with Gasteiger partial charge in [-0.15, -0.1) is 11.3 Å². The van der Waals surface area contributed by atoms with Crippen LogP contribution in [0.1, 0.15) is 38.5 Å². The zero-order valence-corrected chi connectivity index (χ0v) is 16.5. The Hall–Kier alpha value is -2.67. The van der Waals surface area contributed by atoms with E-state index in [1.54, 1.807) is 30.6 Å². The summed E-state index contributed by atoms with van der Waals surface area (Å²) in [6.07, 6.45) is 0.0300. The molecule has 0 spiro atoms. The normalized spacial score (nSPS) is 10.3. The van der Waals surface area contributed by atoms with Gasteiger partial charge in [0.05, 0.1) is 13.5 Å². The molecule has 0 fully saturated rings. The van der Waals surface area contributed by atoms with Crippen molar-refractivity contribution in [2.24, 2.45) is 0 Å². The van der Waals surface area contributed by atoms with Crippen LogP contribution in [0.15, 0.2) is 30.3 Å². The summed E-state index contributed by atoms with van der Waals surface area (Å²) in [6, 6.07) is 9.11. The van der Waals surface area contributed by atoms with Crippen LogP contribution in [0.4, 0.5) is 0 Å². The summed E-state index contributed by atoms with van der Waals surface area (Å²) in [6.45, 7) is 3.79. The summed E-state index contributed by atoms with van der Waals surface area (Å²) in [5.74, 6) is -0.304. The van der Waals surface area contributed by atoms with Gasteiger partial charge < -0.3 is 14.8 Å². The molecule has 1 aromatic carbocycles. The molecule has 0 atom stereocenters. The van der Waals surface area contributed by atoms with E-state index in [-0.39, 0.29) is 25.2 Å². The number of hydrogen-bond acceptors (Lipinski definition) is 6. The number of aryl methyl sites for hydroxylation is 2. The van der Waals surface area contributed by atoms with Gasteiger partial charge in [0.2, 0.25) is 0 Å². The molecule has 0 aliphatic carbocycles. The molecule has 0 saturated heterocycles. The second kappa shape index (κ2) is 9.87. The number of esters is 1. The summed E-state index contributed by atoms with van der Waals surface area (Å²) in [5.41, 5.74) is 1.56. The number of methoxy groups -OCH3 is 1. The van der Waals surface area contributed by atoms with E-state index >= 15 is 0 Å². The van der Waals surface area contributed by atoms with Crippen molar-refractivity contribution in [3.05, 3.63) is 51.2 Å². The fraction of sp³-hybridized carbons (Fsp3) is 0.350. The first-order valence-electron chi connectivity index (χ1n) is 8.54. The van der Waals surface area contributed by atoms with Crippen LogP contribution in [0.5, 0.6) is 5.75 Å². The van der Waals surface area contributed by atoms with Crippen molar-refractivity contribution in [3.8, 4) is 5.75 Å². The Labute approximate surface area is 162 Å². The van der Waals surface area contributed by atoms with Crippen molar-refractivity contribution in [1.29, 1.82) is 0 Å². The second-order valence-electron chi connectivity index (χ2n) is 6.04. The van der Waals surface area contributed by atoms with Crippen LogP contribution in [0.25, 0.3) is 0 Å². The number of ether oxygens (including phenoxy) is 2. The standard InChI is InChI=1S/C20H23NO5S/c1-13-10-17(14(2)27-13)18(22)8-9-20(24)26-12-19(23)21-11-15-4-6-16(25-3)7-5-15/h4-7,10H,8-9,11-12H2,1-3H3,(H,21,23). The molecule has 6 nitrogen and oxygen atoms in total.